The first-order chi connectivity index (χ1) is 9.69. The van der Waals surface area contributed by atoms with Gasteiger partial charge < -0.3 is 10.6 Å². The number of nitrogens with zero attached hydrogens (tertiary/aromatic N) is 3. The minimum Gasteiger partial charge on any atom is -0.322 e. The fourth-order valence-corrected chi connectivity index (χ4v) is 1.65. The molecule has 1 heterocycles. The topological polar surface area (TPSA) is 71.8 Å². The maximum Gasteiger partial charge on any atom is 0.246 e. The van der Waals surface area contributed by atoms with E-state index >= 15 is 0 Å². The van der Waals surface area contributed by atoms with E-state index < -0.39 is 5.82 Å². The Kier molecular flexibility index (Phi) is 4.78. The van der Waals surface area contributed by atoms with E-state index in [4.69, 9.17) is 0 Å². The number of amides is 1. The molecule has 0 fully saturated rings. The van der Waals surface area contributed by atoms with Gasteiger partial charge in [-0.15, -0.1) is 5.10 Å². The van der Waals surface area contributed by atoms with Crippen LogP contribution < -0.4 is 10.6 Å². The fourth-order valence-electron chi connectivity index (χ4n) is 1.65. The monoisotopic (exact) mass is 277 g/mol. The summed E-state index contributed by atoms with van der Waals surface area (Å²) in [6.07, 6.45) is 1.68. The maximum atomic E-state index is 13.4. The Morgan fingerprint density at radius 2 is 2.20 bits per heavy atom. The Balaban J connectivity index is 1.91. The highest BCUT2D eigenvalue weighted by Gasteiger charge is 2.08. The first-order valence-electron chi connectivity index (χ1n) is 6.33. The van der Waals surface area contributed by atoms with Gasteiger partial charge in [0.1, 0.15) is 12.4 Å². The van der Waals surface area contributed by atoms with Crippen LogP contribution in [0.25, 0.3) is 0 Å². The third-order valence-corrected chi connectivity index (χ3v) is 2.60. The highest BCUT2D eigenvalue weighted by atomic mass is 19.1. The number of anilines is 1. The molecule has 0 spiro atoms. The van der Waals surface area contributed by atoms with Crippen molar-refractivity contribution in [3.05, 3.63) is 42.0 Å². The summed E-state index contributed by atoms with van der Waals surface area (Å²) in [5.74, 6) is -0.817. The summed E-state index contributed by atoms with van der Waals surface area (Å²) in [5.41, 5.74) is 0.913. The molecule has 6 nitrogen and oxygen atoms in total. The summed E-state index contributed by atoms with van der Waals surface area (Å²) in [7, 11) is 0. The average Bonchev–Trinajstić information content (AvgIpc) is 2.86. The first kappa shape index (κ1) is 14.1. The zero-order valence-corrected chi connectivity index (χ0v) is 11.1. The van der Waals surface area contributed by atoms with Crippen LogP contribution in [0.5, 0.6) is 0 Å². The minimum absolute atomic E-state index is 0.00649. The molecule has 1 aromatic carbocycles. The average molecular weight is 277 g/mol. The number of hydrogen-bond donors (Lipinski definition) is 2. The number of hydrogen-bond acceptors (Lipinski definition) is 4. The highest BCUT2D eigenvalue weighted by Crippen LogP contribution is 2.12. The largest absolute Gasteiger partial charge is 0.322 e. The molecule has 0 aliphatic carbocycles. The number of carbonyl (C=O) groups is 1. The predicted molar refractivity (Wildman–Crippen MR) is 72.4 cm³/mol. The van der Waals surface area contributed by atoms with Crippen molar-refractivity contribution in [3.8, 4) is 0 Å². The van der Waals surface area contributed by atoms with Crippen molar-refractivity contribution < 1.29 is 9.18 Å². The van der Waals surface area contributed by atoms with Crippen molar-refractivity contribution in [3.63, 3.8) is 0 Å². The van der Waals surface area contributed by atoms with Crippen LogP contribution >= 0.6 is 0 Å². The molecule has 2 N–H and O–H groups in total. The third-order valence-electron chi connectivity index (χ3n) is 2.60. The van der Waals surface area contributed by atoms with Gasteiger partial charge in [-0.05, 0) is 18.7 Å². The lowest BCUT2D eigenvalue weighted by Crippen LogP contribution is -2.19. The van der Waals surface area contributed by atoms with Gasteiger partial charge in [0.2, 0.25) is 5.91 Å². The molecule has 2 rings (SSSR count). The second-order valence-corrected chi connectivity index (χ2v) is 4.22. The Morgan fingerprint density at radius 1 is 1.40 bits per heavy atom. The predicted octanol–water partition coefficient (Wildman–Crippen LogP) is 1.17. The van der Waals surface area contributed by atoms with Crippen LogP contribution in [0.1, 0.15) is 12.6 Å². The van der Waals surface area contributed by atoms with Gasteiger partial charge in [0.25, 0.3) is 0 Å². The summed E-state index contributed by atoms with van der Waals surface area (Å²) in [6.45, 7) is 3.42. The molecule has 0 atom stereocenters. The molecular weight excluding hydrogens is 261 g/mol. The van der Waals surface area contributed by atoms with Crippen molar-refractivity contribution in [1.82, 2.24) is 20.3 Å². The van der Waals surface area contributed by atoms with Crippen molar-refractivity contribution in [2.24, 2.45) is 0 Å². The van der Waals surface area contributed by atoms with Crippen LogP contribution in [0.2, 0.25) is 0 Å². The van der Waals surface area contributed by atoms with E-state index in [2.05, 4.69) is 20.9 Å². The van der Waals surface area contributed by atoms with Gasteiger partial charge in [0.05, 0.1) is 17.6 Å². The highest BCUT2D eigenvalue weighted by molar-refractivity contribution is 5.90. The summed E-state index contributed by atoms with van der Waals surface area (Å²) in [6, 6.07) is 6.02. The molecule has 1 aromatic heterocycles. The van der Waals surface area contributed by atoms with E-state index in [9.17, 15) is 9.18 Å². The van der Waals surface area contributed by atoms with Crippen LogP contribution in [0.3, 0.4) is 0 Å². The van der Waals surface area contributed by atoms with Crippen LogP contribution in [-0.4, -0.2) is 27.4 Å². The maximum absolute atomic E-state index is 13.4. The van der Waals surface area contributed by atoms with Gasteiger partial charge in [-0.3, -0.25) is 4.79 Å². The standard InChI is InChI=1S/C13H16FN5O/c1-2-15-7-10-8-19(18-17-10)9-13(20)16-12-6-4-3-5-11(12)14/h3-6,8,15H,2,7,9H2,1H3,(H,16,20). The number of benzene rings is 1. The minimum atomic E-state index is -0.465. The molecule has 7 heteroatoms. The Morgan fingerprint density at radius 3 is 2.95 bits per heavy atom. The zero-order chi connectivity index (χ0) is 14.4. The zero-order valence-electron chi connectivity index (χ0n) is 11.1. The molecule has 0 bridgehead atoms. The molecule has 106 valence electrons. The Bertz CT molecular complexity index is 584. The molecule has 0 saturated carbocycles. The van der Waals surface area contributed by atoms with E-state index in [1.165, 1.54) is 16.8 Å². The molecule has 0 aliphatic rings. The van der Waals surface area contributed by atoms with Crippen LogP contribution in [0, 0.1) is 5.82 Å². The van der Waals surface area contributed by atoms with Gasteiger partial charge in [0, 0.05) is 6.54 Å². The quantitative estimate of drug-likeness (QED) is 0.831. The number of nitrogens with one attached hydrogen (secondary N) is 2. The van der Waals surface area contributed by atoms with Gasteiger partial charge in [-0.25, -0.2) is 9.07 Å². The van der Waals surface area contributed by atoms with Gasteiger partial charge in [0.15, 0.2) is 0 Å². The molecule has 1 amide bonds. The fraction of sp³-hybridized carbons (Fsp3) is 0.308. The van der Waals surface area contributed by atoms with E-state index in [0.29, 0.717) is 6.54 Å². The normalized spacial score (nSPS) is 10.5. The third kappa shape index (κ3) is 3.86. The number of halogens is 1. The first-order valence-corrected chi connectivity index (χ1v) is 6.33. The van der Waals surface area contributed by atoms with Crippen molar-refractivity contribution >= 4 is 11.6 Å². The summed E-state index contributed by atoms with van der Waals surface area (Å²) >= 11 is 0. The molecule has 0 aliphatic heterocycles. The molecule has 2 aromatic rings. The smallest absolute Gasteiger partial charge is 0.246 e. The van der Waals surface area contributed by atoms with Crippen molar-refractivity contribution in [2.75, 3.05) is 11.9 Å². The lowest BCUT2D eigenvalue weighted by molar-refractivity contribution is -0.116. The number of para-hydroxylation sites is 1. The van der Waals surface area contributed by atoms with Gasteiger partial charge in [-0.1, -0.05) is 24.3 Å². The lowest BCUT2D eigenvalue weighted by Gasteiger charge is -2.05. The second kappa shape index (κ2) is 6.76. The van der Waals surface area contributed by atoms with Crippen LogP contribution in [0.4, 0.5) is 10.1 Å². The van der Waals surface area contributed by atoms with E-state index in [0.717, 1.165) is 12.2 Å². The van der Waals surface area contributed by atoms with E-state index in [-0.39, 0.29) is 18.1 Å². The summed E-state index contributed by atoms with van der Waals surface area (Å²) in [4.78, 5) is 11.8. The lowest BCUT2D eigenvalue weighted by atomic mass is 10.3. The number of carbonyl (C=O) groups excluding carboxylic acids is 1. The van der Waals surface area contributed by atoms with E-state index in [1.54, 1.807) is 18.3 Å². The molecule has 0 radical (unpaired) electrons. The van der Waals surface area contributed by atoms with Crippen molar-refractivity contribution in [1.29, 1.82) is 0 Å². The van der Waals surface area contributed by atoms with Gasteiger partial charge in [-0.2, -0.15) is 0 Å². The van der Waals surface area contributed by atoms with Crippen LogP contribution in [-0.2, 0) is 17.9 Å². The summed E-state index contributed by atoms with van der Waals surface area (Å²) in [5, 5.41) is 13.4. The van der Waals surface area contributed by atoms with E-state index in [1.807, 2.05) is 6.92 Å². The molecule has 20 heavy (non-hydrogen) atoms. The number of rotatable bonds is 6. The second-order valence-electron chi connectivity index (χ2n) is 4.22. The molecule has 0 unspecified atom stereocenters. The van der Waals surface area contributed by atoms with Crippen LogP contribution in [0.15, 0.2) is 30.5 Å². The summed E-state index contributed by atoms with van der Waals surface area (Å²) < 4.78 is 14.8. The molecule has 0 saturated heterocycles. The van der Waals surface area contributed by atoms with Crippen molar-refractivity contribution in [2.45, 2.75) is 20.0 Å². The molecular formula is C13H16FN5O. The SMILES string of the molecule is CCNCc1cn(CC(=O)Nc2ccccc2F)nn1. The Hall–Kier alpha value is -2.28. The number of aromatic nitrogens is 3. The van der Waals surface area contributed by atoms with Gasteiger partial charge >= 0.3 is 0 Å². The Labute approximate surface area is 116 Å².